The Balaban J connectivity index is 1.74. The summed E-state index contributed by atoms with van der Waals surface area (Å²) in [6.07, 6.45) is 1.70. The van der Waals surface area contributed by atoms with E-state index in [9.17, 15) is 19.5 Å². The smallest absolute Gasteiger partial charge is 0.327 e. The van der Waals surface area contributed by atoms with Crippen molar-refractivity contribution in [2.24, 2.45) is 0 Å². The zero-order valence-corrected chi connectivity index (χ0v) is 14.2. The van der Waals surface area contributed by atoms with Crippen LogP contribution in [0.25, 0.3) is 10.9 Å². The number of hydrogen-bond acceptors (Lipinski definition) is 3. The van der Waals surface area contributed by atoms with Crippen molar-refractivity contribution in [3.05, 3.63) is 70.4 Å². The average molecular weight is 369 g/mol. The van der Waals surface area contributed by atoms with Crippen LogP contribution < -0.4 is 0 Å². The van der Waals surface area contributed by atoms with Crippen molar-refractivity contribution in [2.45, 2.75) is 12.5 Å². The molecule has 0 bridgehead atoms. The standard InChI is InChI=1S/C19H13ClN2O4/c20-13-6-3-5-12-16(13)18(24)22(17(12)23)15(19(25)26)8-10-9-21-14-7-2-1-4-11(10)14/h1-7,9,15,21H,8H2,(H,25,26)/t15-/m0/s1. The van der Waals surface area contributed by atoms with Crippen LogP contribution in [0.5, 0.6) is 0 Å². The number of nitrogens with one attached hydrogen (secondary N) is 1. The lowest BCUT2D eigenvalue weighted by Gasteiger charge is -2.22. The van der Waals surface area contributed by atoms with Gasteiger partial charge in [-0.2, -0.15) is 0 Å². The molecule has 0 spiro atoms. The molecule has 7 heteroatoms. The van der Waals surface area contributed by atoms with Crippen LogP contribution in [0.1, 0.15) is 26.3 Å². The van der Waals surface area contributed by atoms with Crippen LogP contribution in [-0.4, -0.2) is 38.8 Å². The molecule has 0 saturated carbocycles. The van der Waals surface area contributed by atoms with Crippen molar-refractivity contribution < 1.29 is 19.5 Å². The molecule has 1 aliphatic heterocycles. The van der Waals surface area contributed by atoms with Crippen molar-refractivity contribution in [2.75, 3.05) is 0 Å². The van der Waals surface area contributed by atoms with Crippen LogP contribution in [0.4, 0.5) is 0 Å². The maximum atomic E-state index is 12.7. The molecule has 0 aliphatic carbocycles. The predicted octanol–water partition coefficient (Wildman–Crippen LogP) is 3.11. The summed E-state index contributed by atoms with van der Waals surface area (Å²) in [5.41, 5.74) is 1.77. The van der Waals surface area contributed by atoms with E-state index in [1.54, 1.807) is 12.3 Å². The quantitative estimate of drug-likeness (QED) is 0.692. The van der Waals surface area contributed by atoms with Crippen molar-refractivity contribution >= 4 is 40.3 Å². The number of rotatable bonds is 4. The number of carbonyl (C=O) groups is 3. The van der Waals surface area contributed by atoms with Gasteiger partial charge in [0.2, 0.25) is 0 Å². The third-order valence-corrected chi connectivity index (χ3v) is 4.90. The predicted molar refractivity (Wildman–Crippen MR) is 95.4 cm³/mol. The van der Waals surface area contributed by atoms with Crippen LogP contribution in [0.15, 0.2) is 48.7 Å². The van der Waals surface area contributed by atoms with Crippen LogP contribution in [0, 0.1) is 0 Å². The summed E-state index contributed by atoms with van der Waals surface area (Å²) in [5.74, 6) is -2.57. The highest BCUT2D eigenvalue weighted by Crippen LogP contribution is 2.32. The van der Waals surface area contributed by atoms with E-state index in [1.807, 2.05) is 24.3 Å². The first kappa shape index (κ1) is 16.4. The number of carboxylic acid groups (broad SMARTS) is 1. The number of amides is 2. The highest BCUT2D eigenvalue weighted by atomic mass is 35.5. The Morgan fingerprint density at radius 3 is 2.62 bits per heavy atom. The normalized spacial score (nSPS) is 14.7. The molecule has 2 heterocycles. The molecule has 26 heavy (non-hydrogen) atoms. The molecule has 0 saturated heterocycles. The molecule has 0 radical (unpaired) electrons. The minimum Gasteiger partial charge on any atom is -0.480 e. The molecular weight excluding hydrogens is 356 g/mol. The molecule has 6 nitrogen and oxygen atoms in total. The van der Waals surface area contributed by atoms with Crippen molar-refractivity contribution in [1.29, 1.82) is 0 Å². The summed E-state index contributed by atoms with van der Waals surface area (Å²) in [4.78, 5) is 41.1. The van der Waals surface area contributed by atoms with Crippen LogP contribution in [0.2, 0.25) is 5.02 Å². The van der Waals surface area contributed by atoms with Crippen molar-refractivity contribution in [3.8, 4) is 0 Å². The Morgan fingerprint density at radius 1 is 1.12 bits per heavy atom. The second-order valence-corrected chi connectivity index (χ2v) is 6.47. The summed E-state index contributed by atoms with van der Waals surface area (Å²) >= 11 is 6.05. The summed E-state index contributed by atoms with van der Waals surface area (Å²) in [6, 6.07) is 10.7. The molecule has 1 aliphatic rings. The topological polar surface area (TPSA) is 90.5 Å². The summed E-state index contributed by atoms with van der Waals surface area (Å²) in [7, 11) is 0. The first-order valence-electron chi connectivity index (χ1n) is 7.93. The first-order chi connectivity index (χ1) is 12.5. The monoisotopic (exact) mass is 368 g/mol. The lowest BCUT2D eigenvalue weighted by molar-refractivity contribution is -0.141. The van der Waals surface area contributed by atoms with Gasteiger partial charge in [0.15, 0.2) is 0 Å². The zero-order chi connectivity index (χ0) is 18.4. The Morgan fingerprint density at radius 2 is 1.88 bits per heavy atom. The second kappa shape index (κ2) is 6.00. The number of aromatic nitrogens is 1. The molecule has 1 atom stereocenters. The zero-order valence-electron chi connectivity index (χ0n) is 13.4. The van der Waals surface area contributed by atoms with E-state index in [0.717, 1.165) is 21.4 Å². The number of carbonyl (C=O) groups excluding carboxylic acids is 2. The fraction of sp³-hybridized carbons (Fsp3) is 0.105. The Hall–Kier alpha value is -3.12. The number of carboxylic acids is 1. The Bertz CT molecular complexity index is 1070. The molecule has 4 rings (SSSR count). The van der Waals surface area contributed by atoms with Gasteiger partial charge in [0.25, 0.3) is 11.8 Å². The third-order valence-electron chi connectivity index (χ3n) is 4.58. The number of halogens is 1. The van der Waals surface area contributed by atoms with Crippen molar-refractivity contribution in [1.82, 2.24) is 9.88 Å². The van der Waals surface area contributed by atoms with E-state index < -0.39 is 23.8 Å². The van der Waals surface area contributed by atoms with Gasteiger partial charge in [0.1, 0.15) is 6.04 Å². The van der Waals surface area contributed by atoms with Gasteiger partial charge in [-0.1, -0.05) is 35.9 Å². The number of imide groups is 1. The number of nitrogens with zero attached hydrogens (tertiary/aromatic N) is 1. The van der Waals surface area contributed by atoms with Gasteiger partial charge in [-0.3, -0.25) is 14.5 Å². The summed E-state index contributed by atoms with van der Waals surface area (Å²) < 4.78 is 0. The van der Waals surface area contributed by atoms with Crippen molar-refractivity contribution in [3.63, 3.8) is 0 Å². The lowest BCUT2D eigenvalue weighted by atomic mass is 10.0. The summed E-state index contributed by atoms with van der Waals surface area (Å²) in [5, 5.41) is 10.7. The molecular formula is C19H13ClN2O4. The van der Waals surface area contributed by atoms with Gasteiger partial charge in [-0.25, -0.2) is 4.79 Å². The highest BCUT2D eigenvalue weighted by molar-refractivity contribution is 6.37. The molecule has 1 aromatic heterocycles. The van der Waals surface area contributed by atoms with E-state index in [4.69, 9.17) is 11.6 Å². The lowest BCUT2D eigenvalue weighted by Crippen LogP contribution is -2.46. The molecule has 130 valence electrons. The summed E-state index contributed by atoms with van der Waals surface area (Å²) in [6.45, 7) is 0. The molecule has 0 unspecified atom stereocenters. The largest absolute Gasteiger partial charge is 0.480 e. The van der Waals surface area contributed by atoms with Gasteiger partial charge < -0.3 is 10.1 Å². The number of aromatic amines is 1. The molecule has 3 aromatic rings. The van der Waals surface area contributed by atoms with Gasteiger partial charge in [-0.05, 0) is 23.8 Å². The van der Waals surface area contributed by atoms with Crippen LogP contribution >= 0.6 is 11.6 Å². The number of hydrogen-bond donors (Lipinski definition) is 2. The van der Waals surface area contributed by atoms with Gasteiger partial charge in [0, 0.05) is 23.5 Å². The minimum absolute atomic E-state index is 0.00241. The van der Waals surface area contributed by atoms with E-state index >= 15 is 0 Å². The fourth-order valence-electron chi connectivity index (χ4n) is 3.34. The van der Waals surface area contributed by atoms with Gasteiger partial charge in [-0.15, -0.1) is 0 Å². The molecule has 2 N–H and O–H groups in total. The molecule has 0 fully saturated rings. The number of benzene rings is 2. The first-order valence-corrected chi connectivity index (χ1v) is 8.31. The number of aliphatic carboxylic acids is 1. The van der Waals surface area contributed by atoms with E-state index in [0.29, 0.717) is 0 Å². The maximum absolute atomic E-state index is 12.7. The Labute approximate surface area is 153 Å². The number of H-pyrrole nitrogens is 1. The number of para-hydroxylation sites is 1. The highest BCUT2D eigenvalue weighted by Gasteiger charge is 2.44. The van der Waals surface area contributed by atoms with Crippen LogP contribution in [0.3, 0.4) is 0 Å². The average Bonchev–Trinajstić information content (AvgIpc) is 3.13. The third kappa shape index (κ3) is 2.38. The van der Waals surface area contributed by atoms with E-state index in [2.05, 4.69) is 4.98 Å². The van der Waals surface area contributed by atoms with E-state index in [1.165, 1.54) is 12.1 Å². The Kier molecular flexibility index (Phi) is 3.77. The minimum atomic E-state index is -1.32. The van der Waals surface area contributed by atoms with Crippen LogP contribution in [-0.2, 0) is 11.2 Å². The molecule has 2 aromatic carbocycles. The second-order valence-electron chi connectivity index (χ2n) is 6.06. The molecule has 2 amide bonds. The SMILES string of the molecule is O=C(O)[C@H](Cc1c[nH]c2ccccc12)N1C(=O)c2cccc(Cl)c2C1=O. The van der Waals surface area contributed by atoms with Gasteiger partial charge >= 0.3 is 5.97 Å². The van der Waals surface area contributed by atoms with Gasteiger partial charge in [0.05, 0.1) is 16.1 Å². The number of fused-ring (bicyclic) bond motifs is 2. The van der Waals surface area contributed by atoms with E-state index in [-0.39, 0.29) is 22.6 Å². The fourth-order valence-corrected chi connectivity index (χ4v) is 3.60. The maximum Gasteiger partial charge on any atom is 0.327 e.